The number of hydrazine groups is 1. The van der Waals surface area contributed by atoms with E-state index in [4.69, 9.17) is 4.74 Å². The van der Waals surface area contributed by atoms with Gasteiger partial charge in [-0.2, -0.15) is 31.4 Å². The van der Waals surface area contributed by atoms with E-state index in [1.165, 1.54) is 48.3 Å². The van der Waals surface area contributed by atoms with Gasteiger partial charge in [0, 0.05) is 18.8 Å². The van der Waals surface area contributed by atoms with Crippen LogP contribution < -0.4 is 16.2 Å². The molecule has 0 bridgehead atoms. The number of aromatic nitrogens is 3. The quantitative estimate of drug-likeness (QED) is 0.114. The number of allylic oxidation sites excluding steroid dienone is 2. The summed E-state index contributed by atoms with van der Waals surface area (Å²) < 4.78 is 92.1. The van der Waals surface area contributed by atoms with Crippen LogP contribution in [-0.4, -0.2) is 49.6 Å². The molecule has 17 heteroatoms. The molecular weight excluding hydrogens is 626 g/mol. The monoisotopic (exact) mass is 654 g/mol. The third kappa shape index (κ3) is 8.09. The molecule has 0 aliphatic rings. The lowest BCUT2D eigenvalue weighted by atomic mass is 9.95. The number of nitrogens with one attached hydrogen (secondary N) is 3. The van der Waals surface area contributed by atoms with Crippen LogP contribution >= 0.6 is 0 Å². The van der Waals surface area contributed by atoms with Crippen LogP contribution in [0.1, 0.15) is 40.0 Å². The van der Waals surface area contributed by atoms with Gasteiger partial charge >= 0.3 is 18.4 Å². The number of amides is 3. The van der Waals surface area contributed by atoms with E-state index in [1.54, 1.807) is 22.2 Å². The van der Waals surface area contributed by atoms with Gasteiger partial charge in [-0.25, -0.2) is 9.78 Å². The smallest absolute Gasteiger partial charge is 0.426 e. The molecule has 246 valence electrons. The molecule has 11 nitrogen and oxygen atoms in total. The minimum atomic E-state index is -5.32. The Morgan fingerprint density at radius 3 is 2.26 bits per heavy atom. The van der Waals surface area contributed by atoms with Gasteiger partial charge < -0.3 is 9.84 Å². The summed E-state index contributed by atoms with van der Waals surface area (Å²) in [6.45, 7) is 6.24. The largest absolute Gasteiger partial charge is 0.465 e. The molecule has 1 aromatic carbocycles. The van der Waals surface area contributed by atoms with Crippen LogP contribution in [0.2, 0.25) is 0 Å². The Bertz CT molecular complexity index is 1610. The molecule has 2 aromatic heterocycles. The third-order valence-corrected chi connectivity index (χ3v) is 6.42. The number of nitrogens with zero attached hydrogens (tertiary/aromatic N) is 3. The Labute approximate surface area is 257 Å². The second kappa shape index (κ2) is 14.3. The number of carbonyl (C=O) groups excluding carboxylic acids is 2. The van der Waals surface area contributed by atoms with Crippen molar-refractivity contribution in [1.82, 2.24) is 25.6 Å². The van der Waals surface area contributed by atoms with Gasteiger partial charge in [-0.3, -0.25) is 30.4 Å². The topological polar surface area (TPSA) is 147 Å². The summed E-state index contributed by atoms with van der Waals surface area (Å²) >= 11 is 0. The Morgan fingerprint density at radius 1 is 1.02 bits per heavy atom. The fourth-order valence-corrected chi connectivity index (χ4v) is 4.30. The zero-order chi connectivity index (χ0) is 34.3. The van der Waals surface area contributed by atoms with Crippen molar-refractivity contribution in [3.8, 4) is 11.4 Å². The first-order valence-electron chi connectivity index (χ1n) is 13.3. The fraction of sp³-hybridized carbons (Fsp3) is 0.276. The first kappa shape index (κ1) is 35.3. The molecular formula is C29H28F6N6O5. The molecule has 46 heavy (non-hydrogen) atoms. The van der Waals surface area contributed by atoms with Crippen molar-refractivity contribution >= 4 is 23.6 Å². The highest BCUT2D eigenvalue weighted by Gasteiger charge is 2.61. The normalized spacial score (nSPS) is 12.9. The summed E-state index contributed by atoms with van der Waals surface area (Å²) in [6, 6.07) is 7.90. The predicted octanol–water partition coefficient (Wildman–Crippen LogP) is 5.56. The van der Waals surface area contributed by atoms with E-state index in [2.05, 4.69) is 23.2 Å². The van der Waals surface area contributed by atoms with E-state index in [0.29, 0.717) is 5.56 Å². The zero-order valence-corrected chi connectivity index (χ0v) is 24.1. The number of halogens is 6. The van der Waals surface area contributed by atoms with Crippen LogP contribution in [0.3, 0.4) is 0 Å². The van der Waals surface area contributed by atoms with Crippen LogP contribution in [0.4, 0.5) is 36.8 Å². The Morgan fingerprint density at radius 2 is 1.70 bits per heavy atom. The Balaban J connectivity index is 2.06. The lowest BCUT2D eigenvalue weighted by Crippen LogP contribution is -2.61. The van der Waals surface area contributed by atoms with Crippen molar-refractivity contribution in [1.29, 1.82) is 0 Å². The van der Waals surface area contributed by atoms with Crippen molar-refractivity contribution in [2.45, 2.75) is 43.8 Å². The van der Waals surface area contributed by atoms with Gasteiger partial charge in [0.25, 0.3) is 11.8 Å². The molecule has 0 aliphatic heterocycles. The van der Waals surface area contributed by atoms with E-state index in [0.717, 1.165) is 6.08 Å². The summed E-state index contributed by atoms with van der Waals surface area (Å²) in [6.07, 6.45) is -9.74. The summed E-state index contributed by atoms with van der Waals surface area (Å²) in [7, 11) is 1.41. The van der Waals surface area contributed by atoms with E-state index < -0.39 is 71.5 Å². The van der Waals surface area contributed by atoms with Gasteiger partial charge in [-0.1, -0.05) is 42.5 Å². The lowest BCUT2D eigenvalue weighted by Gasteiger charge is -2.34. The highest BCUT2D eigenvalue weighted by molar-refractivity contribution is 6.02. The average molecular weight is 655 g/mol. The molecule has 1 atom stereocenters. The summed E-state index contributed by atoms with van der Waals surface area (Å²) in [5.41, 5.74) is -4.42. The third-order valence-electron chi connectivity index (χ3n) is 6.42. The van der Waals surface area contributed by atoms with Gasteiger partial charge in [0.2, 0.25) is 5.60 Å². The van der Waals surface area contributed by atoms with Crippen LogP contribution in [0.15, 0.2) is 67.9 Å². The first-order valence-corrected chi connectivity index (χ1v) is 13.3. The molecule has 2 heterocycles. The summed E-state index contributed by atoms with van der Waals surface area (Å²) in [4.78, 5) is 41.5. The molecule has 0 saturated heterocycles. The number of pyridine rings is 1. The maximum atomic E-state index is 14.5. The van der Waals surface area contributed by atoms with Gasteiger partial charge in [-0.15, -0.1) is 13.2 Å². The molecule has 0 saturated carbocycles. The number of anilines is 1. The first-order chi connectivity index (χ1) is 21.5. The SMILES string of the molecule is C=CCCC(OCc1ccccc1)(C(=O)NNC(=O)c1nc(-c2nn(C)cc2CC=C)c(C(F)(F)F)cc1NC(=O)O)C(F)(F)F. The zero-order valence-electron chi connectivity index (χ0n) is 24.1. The number of carboxylic acid groups (broad SMARTS) is 1. The van der Waals surface area contributed by atoms with Gasteiger partial charge in [0.05, 0.1) is 17.9 Å². The van der Waals surface area contributed by atoms with Crippen LogP contribution in [0.25, 0.3) is 11.4 Å². The number of hydrogen-bond donors (Lipinski definition) is 4. The van der Waals surface area contributed by atoms with Crippen LogP contribution in [0.5, 0.6) is 0 Å². The highest BCUT2D eigenvalue weighted by Crippen LogP contribution is 2.40. The van der Waals surface area contributed by atoms with Crippen molar-refractivity contribution in [2.75, 3.05) is 5.32 Å². The van der Waals surface area contributed by atoms with Crippen molar-refractivity contribution in [2.24, 2.45) is 7.05 Å². The molecule has 3 amide bonds. The van der Waals surface area contributed by atoms with E-state index in [9.17, 15) is 45.8 Å². The number of ether oxygens (including phenoxy) is 1. The van der Waals surface area contributed by atoms with Crippen LogP contribution in [-0.2, 0) is 35.8 Å². The summed E-state index contributed by atoms with van der Waals surface area (Å²) in [5.74, 6) is -3.43. The Hall–Kier alpha value is -5.19. The fourth-order valence-electron chi connectivity index (χ4n) is 4.30. The second-order valence-electron chi connectivity index (χ2n) is 9.71. The standard InChI is InChI=1S/C29H28F6N6O5/c1-4-6-13-27(29(33,34)35,46-16-17-11-8-7-9-12-17)25(43)39-38-24(42)23-20(36-26(44)45)14-19(28(30,31)32)22(37-23)21-18(10-5-2)15-41(3)40-21/h4-5,7-9,11-12,14-15,36H,1-2,6,10,13,16H2,3H3,(H,38,42)(H,39,43)(H,44,45). The van der Waals surface area contributed by atoms with E-state index in [-0.39, 0.29) is 30.2 Å². The molecule has 1 unspecified atom stereocenters. The van der Waals surface area contributed by atoms with Crippen molar-refractivity contribution in [3.05, 3.63) is 90.3 Å². The lowest BCUT2D eigenvalue weighted by molar-refractivity contribution is -0.273. The van der Waals surface area contributed by atoms with Crippen LogP contribution in [0, 0.1) is 0 Å². The average Bonchev–Trinajstić information content (AvgIpc) is 3.34. The number of carbonyl (C=O) groups is 3. The summed E-state index contributed by atoms with van der Waals surface area (Å²) in [5, 5.41) is 14.8. The van der Waals surface area contributed by atoms with Gasteiger partial charge in [0.1, 0.15) is 11.4 Å². The minimum absolute atomic E-state index is 0.0298. The van der Waals surface area contributed by atoms with Gasteiger partial charge in [-0.05, 0) is 30.9 Å². The van der Waals surface area contributed by atoms with Crippen molar-refractivity contribution in [3.63, 3.8) is 0 Å². The molecule has 0 radical (unpaired) electrons. The predicted molar refractivity (Wildman–Crippen MR) is 152 cm³/mol. The molecule has 3 rings (SSSR count). The number of aryl methyl sites for hydroxylation is 1. The molecule has 0 fully saturated rings. The number of rotatable bonds is 12. The molecule has 3 aromatic rings. The maximum absolute atomic E-state index is 14.5. The second-order valence-corrected chi connectivity index (χ2v) is 9.71. The maximum Gasteiger partial charge on any atom is 0.426 e. The van der Waals surface area contributed by atoms with E-state index in [1.807, 2.05) is 0 Å². The van der Waals surface area contributed by atoms with E-state index >= 15 is 0 Å². The molecule has 0 spiro atoms. The van der Waals surface area contributed by atoms with Crippen molar-refractivity contribution < 1.29 is 50.6 Å². The molecule has 4 N–H and O–H groups in total. The number of alkyl halides is 6. The number of hydrogen-bond acceptors (Lipinski definition) is 6. The minimum Gasteiger partial charge on any atom is -0.465 e. The van der Waals surface area contributed by atoms with Gasteiger partial charge in [0.15, 0.2) is 5.69 Å². The highest BCUT2D eigenvalue weighted by atomic mass is 19.4. The number of benzene rings is 1. The molecule has 0 aliphatic carbocycles. The Kier molecular flexibility index (Phi) is 11.0.